The van der Waals surface area contributed by atoms with Gasteiger partial charge in [0, 0.05) is 12.6 Å². The fraction of sp³-hybridized carbons (Fsp3) is 1.00. The molecule has 0 aliphatic carbocycles. The molecule has 0 amide bonds. The Morgan fingerprint density at radius 1 is 1.36 bits per heavy atom. The maximum atomic E-state index is 6.00. The van der Waals surface area contributed by atoms with Crippen molar-refractivity contribution in [1.82, 2.24) is 5.32 Å². The summed E-state index contributed by atoms with van der Waals surface area (Å²) < 4.78 is 6.00. The highest BCUT2D eigenvalue weighted by Crippen LogP contribution is 2.37. The number of morpholine rings is 1. The van der Waals surface area contributed by atoms with Gasteiger partial charge in [0.15, 0.2) is 0 Å². The smallest absolute Gasteiger partial charge is 0.0835 e. The van der Waals surface area contributed by atoms with Crippen molar-refractivity contribution in [2.75, 3.05) is 13.2 Å². The minimum atomic E-state index is -0.0312. The van der Waals surface area contributed by atoms with Gasteiger partial charge in [-0.3, -0.25) is 0 Å². The summed E-state index contributed by atoms with van der Waals surface area (Å²) in [4.78, 5) is 0. The van der Waals surface area contributed by atoms with E-state index in [0.29, 0.717) is 12.0 Å². The summed E-state index contributed by atoms with van der Waals surface area (Å²) in [7, 11) is 0. The highest BCUT2D eigenvalue weighted by molar-refractivity contribution is 5.00. The Hall–Kier alpha value is -0.0800. The monoisotopic (exact) mass is 199 g/mol. The summed E-state index contributed by atoms with van der Waals surface area (Å²) in [6, 6.07) is 0.434. The number of rotatable bonds is 1. The Kier molecular flexibility index (Phi) is 3.27. The zero-order valence-electron chi connectivity index (χ0n) is 10.5. The van der Waals surface area contributed by atoms with Crippen LogP contribution in [0.3, 0.4) is 0 Å². The van der Waals surface area contributed by atoms with Crippen LogP contribution in [-0.2, 0) is 4.74 Å². The molecule has 0 aromatic heterocycles. The van der Waals surface area contributed by atoms with Crippen LogP contribution in [0.15, 0.2) is 0 Å². The first-order chi connectivity index (χ1) is 6.28. The van der Waals surface area contributed by atoms with Crippen LogP contribution in [0.5, 0.6) is 0 Å². The van der Waals surface area contributed by atoms with Gasteiger partial charge in [-0.2, -0.15) is 0 Å². The molecule has 1 N–H and O–H groups in total. The molecule has 14 heavy (non-hydrogen) atoms. The predicted octanol–water partition coefficient (Wildman–Crippen LogP) is 2.44. The van der Waals surface area contributed by atoms with E-state index in [0.717, 1.165) is 13.2 Å². The second-order valence-corrected chi connectivity index (χ2v) is 5.94. The van der Waals surface area contributed by atoms with Crippen molar-refractivity contribution >= 4 is 0 Å². The van der Waals surface area contributed by atoms with Crippen molar-refractivity contribution in [3.8, 4) is 0 Å². The fourth-order valence-corrected chi connectivity index (χ4v) is 2.43. The lowest BCUT2D eigenvalue weighted by Gasteiger charge is -2.50. The molecule has 1 rings (SSSR count). The quantitative estimate of drug-likeness (QED) is 0.700. The highest BCUT2D eigenvalue weighted by atomic mass is 16.5. The van der Waals surface area contributed by atoms with Crippen molar-refractivity contribution in [2.24, 2.45) is 11.3 Å². The van der Waals surface area contributed by atoms with Crippen molar-refractivity contribution in [1.29, 1.82) is 0 Å². The van der Waals surface area contributed by atoms with E-state index in [9.17, 15) is 0 Å². The van der Waals surface area contributed by atoms with E-state index < -0.39 is 0 Å². The molecule has 2 atom stereocenters. The minimum absolute atomic E-state index is 0.0312. The van der Waals surface area contributed by atoms with Crippen molar-refractivity contribution in [2.45, 2.75) is 53.2 Å². The van der Waals surface area contributed by atoms with Gasteiger partial charge in [0.2, 0.25) is 0 Å². The number of hydrogen-bond donors (Lipinski definition) is 1. The molecule has 0 radical (unpaired) electrons. The molecule has 0 aromatic carbocycles. The van der Waals surface area contributed by atoms with Gasteiger partial charge in [-0.05, 0) is 18.3 Å². The summed E-state index contributed by atoms with van der Waals surface area (Å²) in [5, 5.41) is 3.61. The topological polar surface area (TPSA) is 21.3 Å². The second-order valence-electron chi connectivity index (χ2n) is 5.94. The maximum absolute atomic E-state index is 6.00. The van der Waals surface area contributed by atoms with E-state index in [1.54, 1.807) is 0 Å². The average Bonchev–Trinajstić information content (AvgIpc) is 2.02. The van der Waals surface area contributed by atoms with Gasteiger partial charge in [-0.1, -0.05) is 34.6 Å². The van der Waals surface area contributed by atoms with Crippen molar-refractivity contribution < 1.29 is 4.74 Å². The summed E-state index contributed by atoms with van der Waals surface area (Å²) in [6.07, 6.45) is 0. The molecule has 0 bridgehead atoms. The Bertz CT molecular complexity index is 195. The van der Waals surface area contributed by atoms with Crippen molar-refractivity contribution in [3.63, 3.8) is 0 Å². The van der Waals surface area contributed by atoms with E-state index >= 15 is 0 Å². The lowest BCUT2D eigenvalue weighted by atomic mass is 9.71. The summed E-state index contributed by atoms with van der Waals surface area (Å²) >= 11 is 0. The summed E-state index contributed by atoms with van der Waals surface area (Å²) in [5.74, 6) is 0.541. The standard InChI is InChI=1S/C12H25NO/c1-9(2)12(6)10(11(3,4)5)13-7-8-14-12/h9-10,13H,7-8H2,1-6H3. The number of nitrogens with one attached hydrogen (secondary N) is 1. The molecule has 1 aliphatic heterocycles. The van der Waals surface area contributed by atoms with Gasteiger partial charge >= 0.3 is 0 Å². The normalized spacial score (nSPS) is 34.9. The molecule has 1 heterocycles. The number of ether oxygens (including phenoxy) is 1. The molecular weight excluding hydrogens is 174 g/mol. The molecule has 0 aromatic rings. The van der Waals surface area contributed by atoms with Crippen LogP contribution >= 0.6 is 0 Å². The van der Waals surface area contributed by atoms with E-state index in [2.05, 4.69) is 46.9 Å². The Labute approximate surface area is 88.4 Å². The van der Waals surface area contributed by atoms with E-state index in [1.165, 1.54) is 0 Å². The molecule has 2 heteroatoms. The maximum Gasteiger partial charge on any atom is 0.0835 e. The third-order valence-corrected chi connectivity index (χ3v) is 3.45. The van der Waals surface area contributed by atoms with Gasteiger partial charge in [-0.15, -0.1) is 0 Å². The lowest BCUT2D eigenvalue weighted by molar-refractivity contribution is -0.136. The summed E-state index contributed by atoms with van der Waals surface area (Å²) in [6.45, 7) is 15.4. The van der Waals surface area contributed by atoms with Gasteiger partial charge in [0.05, 0.1) is 12.2 Å². The first-order valence-electron chi connectivity index (χ1n) is 5.66. The van der Waals surface area contributed by atoms with Crippen LogP contribution in [0.1, 0.15) is 41.5 Å². The van der Waals surface area contributed by atoms with Crippen LogP contribution in [-0.4, -0.2) is 24.8 Å². The fourth-order valence-electron chi connectivity index (χ4n) is 2.43. The van der Waals surface area contributed by atoms with Crippen LogP contribution in [0.25, 0.3) is 0 Å². The average molecular weight is 199 g/mol. The first-order valence-corrected chi connectivity index (χ1v) is 5.66. The Balaban J connectivity index is 2.89. The Morgan fingerprint density at radius 2 is 1.93 bits per heavy atom. The van der Waals surface area contributed by atoms with Gasteiger partial charge in [-0.25, -0.2) is 0 Å². The largest absolute Gasteiger partial charge is 0.372 e. The molecule has 2 nitrogen and oxygen atoms in total. The van der Waals surface area contributed by atoms with Gasteiger partial charge in [0.1, 0.15) is 0 Å². The molecule has 1 saturated heterocycles. The third-order valence-electron chi connectivity index (χ3n) is 3.45. The van der Waals surface area contributed by atoms with Crippen LogP contribution < -0.4 is 5.32 Å². The van der Waals surface area contributed by atoms with Crippen LogP contribution in [0.4, 0.5) is 0 Å². The van der Waals surface area contributed by atoms with Gasteiger partial charge in [0.25, 0.3) is 0 Å². The van der Waals surface area contributed by atoms with E-state index in [4.69, 9.17) is 4.74 Å². The molecule has 1 aliphatic rings. The van der Waals surface area contributed by atoms with Crippen LogP contribution in [0.2, 0.25) is 0 Å². The van der Waals surface area contributed by atoms with Crippen LogP contribution in [0, 0.1) is 11.3 Å². The molecule has 2 unspecified atom stereocenters. The SMILES string of the molecule is CC(C)C1(C)OCCNC1C(C)(C)C. The predicted molar refractivity (Wildman–Crippen MR) is 60.4 cm³/mol. The summed E-state index contributed by atoms with van der Waals surface area (Å²) in [5.41, 5.74) is 0.218. The Morgan fingerprint density at radius 3 is 2.29 bits per heavy atom. The van der Waals surface area contributed by atoms with E-state index in [1.807, 2.05) is 0 Å². The minimum Gasteiger partial charge on any atom is -0.372 e. The molecule has 0 spiro atoms. The van der Waals surface area contributed by atoms with Crippen molar-refractivity contribution in [3.05, 3.63) is 0 Å². The molecular formula is C12H25NO. The number of hydrogen-bond acceptors (Lipinski definition) is 2. The molecule has 84 valence electrons. The zero-order valence-corrected chi connectivity index (χ0v) is 10.5. The second kappa shape index (κ2) is 3.82. The highest BCUT2D eigenvalue weighted by Gasteiger charge is 2.45. The third kappa shape index (κ3) is 2.12. The molecule has 0 saturated carbocycles. The zero-order chi connectivity index (χ0) is 11.0. The van der Waals surface area contributed by atoms with E-state index in [-0.39, 0.29) is 11.0 Å². The first kappa shape index (κ1) is 12.0. The lowest BCUT2D eigenvalue weighted by Crippen LogP contribution is -2.63. The molecule has 1 fully saturated rings. The van der Waals surface area contributed by atoms with Gasteiger partial charge < -0.3 is 10.1 Å².